The zero-order valence-electron chi connectivity index (χ0n) is 7.23. The van der Waals surface area contributed by atoms with Gasteiger partial charge in [0.05, 0.1) is 0 Å². The Bertz CT molecular complexity index is 121. The van der Waals surface area contributed by atoms with Crippen LogP contribution in [-0.4, -0.2) is 5.91 Å². The van der Waals surface area contributed by atoms with E-state index in [4.69, 9.17) is 0 Å². The molecule has 0 aliphatic rings. The van der Waals surface area contributed by atoms with Crippen LogP contribution >= 0.6 is 0 Å². The van der Waals surface area contributed by atoms with Gasteiger partial charge in [0.1, 0.15) is 0 Å². The van der Waals surface area contributed by atoms with Crippen LogP contribution in [0.4, 0.5) is 0 Å². The number of amides is 1. The van der Waals surface area contributed by atoms with E-state index in [1.807, 2.05) is 0 Å². The molecule has 0 bridgehead atoms. The van der Waals surface area contributed by atoms with E-state index < -0.39 is 0 Å². The van der Waals surface area contributed by atoms with Gasteiger partial charge in [-0.2, -0.15) is 0 Å². The molecule has 0 aromatic carbocycles. The molecule has 11 heavy (non-hydrogen) atoms. The van der Waals surface area contributed by atoms with Gasteiger partial charge in [-0.05, 0) is 12.6 Å². The Kier molecular flexibility index (Phi) is 6.79. The molecule has 64 valence electrons. The third-order valence-electron chi connectivity index (χ3n) is 1.52. The maximum absolute atomic E-state index is 10.8. The standard InChI is InChI=1S/C9H17NO/c1-3-5-6-7-8-9(11)10-4-2/h4H,2-3,5-8H2,1H3,(H,10,11). The van der Waals surface area contributed by atoms with Crippen molar-refractivity contribution in [3.8, 4) is 0 Å². The predicted octanol–water partition coefficient (Wildman–Crippen LogP) is 2.22. The first kappa shape index (κ1) is 10.2. The second-order valence-electron chi connectivity index (χ2n) is 2.58. The van der Waals surface area contributed by atoms with E-state index in [1.54, 1.807) is 0 Å². The second-order valence-corrected chi connectivity index (χ2v) is 2.58. The van der Waals surface area contributed by atoms with Crippen molar-refractivity contribution in [1.82, 2.24) is 5.32 Å². The zero-order chi connectivity index (χ0) is 8.53. The molecular formula is C9H17NO. The Labute approximate surface area is 68.7 Å². The van der Waals surface area contributed by atoms with Crippen LogP contribution in [0.15, 0.2) is 12.8 Å². The van der Waals surface area contributed by atoms with Gasteiger partial charge in [-0.15, -0.1) is 0 Å². The predicted molar refractivity (Wildman–Crippen MR) is 47.1 cm³/mol. The quantitative estimate of drug-likeness (QED) is 0.585. The molecule has 0 aliphatic carbocycles. The summed E-state index contributed by atoms with van der Waals surface area (Å²) in [6.07, 6.45) is 6.65. The Hall–Kier alpha value is -0.790. The van der Waals surface area contributed by atoms with Gasteiger partial charge in [-0.25, -0.2) is 0 Å². The maximum Gasteiger partial charge on any atom is 0.223 e. The summed E-state index contributed by atoms with van der Waals surface area (Å²) in [5, 5.41) is 2.55. The average molecular weight is 155 g/mol. The van der Waals surface area contributed by atoms with Crippen LogP contribution < -0.4 is 5.32 Å². The number of carbonyl (C=O) groups is 1. The maximum atomic E-state index is 10.8. The van der Waals surface area contributed by atoms with Gasteiger partial charge in [0.15, 0.2) is 0 Å². The lowest BCUT2D eigenvalue weighted by Crippen LogP contribution is -2.15. The lowest BCUT2D eigenvalue weighted by molar-refractivity contribution is -0.120. The largest absolute Gasteiger partial charge is 0.333 e. The van der Waals surface area contributed by atoms with Crippen molar-refractivity contribution < 1.29 is 4.79 Å². The molecule has 0 radical (unpaired) electrons. The van der Waals surface area contributed by atoms with Crippen molar-refractivity contribution in [2.24, 2.45) is 0 Å². The van der Waals surface area contributed by atoms with Gasteiger partial charge in [0, 0.05) is 6.42 Å². The third kappa shape index (κ3) is 7.10. The van der Waals surface area contributed by atoms with Crippen LogP contribution in [0.1, 0.15) is 39.0 Å². The van der Waals surface area contributed by atoms with Crippen molar-refractivity contribution in [3.05, 3.63) is 12.8 Å². The number of carbonyl (C=O) groups excluding carboxylic acids is 1. The fourth-order valence-corrected chi connectivity index (χ4v) is 0.898. The molecule has 0 unspecified atom stereocenters. The summed E-state index contributed by atoms with van der Waals surface area (Å²) >= 11 is 0. The highest BCUT2D eigenvalue weighted by Gasteiger charge is 1.96. The second kappa shape index (κ2) is 7.32. The Morgan fingerprint density at radius 1 is 1.45 bits per heavy atom. The number of unbranched alkanes of at least 4 members (excludes halogenated alkanes) is 3. The molecule has 1 N–H and O–H groups in total. The topological polar surface area (TPSA) is 29.1 Å². The van der Waals surface area contributed by atoms with Gasteiger partial charge in [0.25, 0.3) is 0 Å². The SMILES string of the molecule is C=CNC(=O)CCCCCC. The van der Waals surface area contributed by atoms with Gasteiger partial charge in [-0.3, -0.25) is 4.79 Å². The van der Waals surface area contributed by atoms with Gasteiger partial charge in [0.2, 0.25) is 5.91 Å². The molecule has 0 saturated carbocycles. The summed E-state index contributed by atoms with van der Waals surface area (Å²) in [4.78, 5) is 10.8. The fraction of sp³-hybridized carbons (Fsp3) is 0.667. The van der Waals surface area contributed by atoms with Crippen LogP contribution in [-0.2, 0) is 4.79 Å². The molecule has 2 heteroatoms. The molecule has 0 rings (SSSR count). The first-order valence-electron chi connectivity index (χ1n) is 4.21. The number of nitrogens with one attached hydrogen (secondary N) is 1. The van der Waals surface area contributed by atoms with Crippen molar-refractivity contribution >= 4 is 5.91 Å². The van der Waals surface area contributed by atoms with E-state index in [0.29, 0.717) is 6.42 Å². The summed E-state index contributed by atoms with van der Waals surface area (Å²) in [6, 6.07) is 0. The average Bonchev–Trinajstić information content (AvgIpc) is 1.99. The van der Waals surface area contributed by atoms with E-state index in [1.165, 1.54) is 19.0 Å². The fourth-order valence-electron chi connectivity index (χ4n) is 0.898. The van der Waals surface area contributed by atoms with E-state index in [9.17, 15) is 4.79 Å². The minimum absolute atomic E-state index is 0.0797. The highest BCUT2D eigenvalue weighted by atomic mass is 16.1. The van der Waals surface area contributed by atoms with Crippen molar-refractivity contribution in [1.29, 1.82) is 0 Å². The lowest BCUT2D eigenvalue weighted by Gasteiger charge is -1.98. The molecule has 0 aromatic heterocycles. The molecule has 0 aromatic rings. The summed E-state index contributed by atoms with van der Waals surface area (Å²) in [7, 11) is 0. The first-order valence-corrected chi connectivity index (χ1v) is 4.21. The molecule has 0 fully saturated rings. The molecule has 0 saturated heterocycles. The molecule has 2 nitrogen and oxygen atoms in total. The van der Waals surface area contributed by atoms with Crippen LogP contribution in [0.25, 0.3) is 0 Å². The Balaban J connectivity index is 3.10. The highest BCUT2D eigenvalue weighted by molar-refractivity contribution is 5.76. The molecule has 0 heterocycles. The van der Waals surface area contributed by atoms with Gasteiger partial charge >= 0.3 is 0 Å². The summed E-state index contributed by atoms with van der Waals surface area (Å²) in [5.74, 6) is 0.0797. The van der Waals surface area contributed by atoms with Crippen molar-refractivity contribution in [2.75, 3.05) is 0 Å². The van der Waals surface area contributed by atoms with Crippen LogP contribution in [0, 0.1) is 0 Å². The third-order valence-corrected chi connectivity index (χ3v) is 1.52. The Morgan fingerprint density at radius 3 is 2.73 bits per heavy atom. The minimum Gasteiger partial charge on any atom is -0.333 e. The summed E-state index contributed by atoms with van der Waals surface area (Å²) in [6.45, 7) is 5.57. The van der Waals surface area contributed by atoms with Crippen molar-refractivity contribution in [2.45, 2.75) is 39.0 Å². The minimum atomic E-state index is 0.0797. The highest BCUT2D eigenvalue weighted by Crippen LogP contribution is 2.01. The van der Waals surface area contributed by atoms with Gasteiger partial charge < -0.3 is 5.32 Å². The lowest BCUT2D eigenvalue weighted by atomic mass is 10.1. The number of rotatable bonds is 6. The zero-order valence-corrected chi connectivity index (χ0v) is 7.23. The van der Waals surface area contributed by atoms with E-state index in [0.717, 1.165) is 12.8 Å². The van der Waals surface area contributed by atoms with Crippen LogP contribution in [0.5, 0.6) is 0 Å². The molecule has 0 spiro atoms. The van der Waals surface area contributed by atoms with Crippen molar-refractivity contribution in [3.63, 3.8) is 0 Å². The monoisotopic (exact) mass is 155 g/mol. The van der Waals surface area contributed by atoms with Crippen LogP contribution in [0.2, 0.25) is 0 Å². The Morgan fingerprint density at radius 2 is 2.18 bits per heavy atom. The van der Waals surface area contributed by atoms with E-state index >= 15 is 0 Å². The van der Waals surface area contributed by atoms with Gasteiger partial charge in [-0.1, -0.05) is 32.8 Å². The normalized spacial score (nSPS) is 9.18. The molecule has 1 amide bonds. The number of hydrogen-bond acceptors (Lipinski definition) is 1. The van der Waals surface area contributed by atoms with E-state index in [-0.39, 0.29) is 5.91 Å². The van der Waals surface area contributed by atoms with E-state index in [2.05, 4.69) is 18.8 Å². The van der Waals surface area contributed by atoms with Crippen LogP contribution in [0.3, 0.4) is 0 Å². The number of hydrogen-bond donors (Lipinski definition) is 1. The summed E-state index contributed by atoms with van der Waals surface area (Å²) in [5.41, 5.74) is 0. The first-order chi connectivity index (χ1) is 5.31. The molecule has 0 aliphatic heterocycles. The summed E-state index contributed by atoms with van der Waals surface area (Å²) < 4.78 is 0. The molecular weight excluding hydrogens is 138 g/mol. The smallest absolute Gasteiger partial charge is 0.223 e. The molecule has 0 atom stereocenters.